The van der Waals surface area contributed by atoms with Crippen LogP contribution in [0.25, 0.3) is 22.1 Å². The summed E-state index contributed by atoms with van der Waals surface area (Å²) in [6.45, 7) is 0.310. The molecule has 0 saturated heterocycles. The molecule has 6 heteroatoms. The number of nitrogens with two attached hydrogens (primary N) is 1. The van der Waals surface area contributed by atoms with Gasteiger partial charge in [0.1, 0.15) is 17.1 Å². The molecule has 3 aromatic carbocycles. The third-order valence-corrected chi connectivity index (χ3v) is 4.98. The van der Waals surface area contributed by atoms with E-state index in [4.69, 9.17) is 31.9 Å². The number of nitrogens with one attached hydrogen (secondary N) is 1. The molecule has 1 aromatic heterocycles. The number of rotatable bonds is 5. The molecule has 4 rings (SSSR count). The van der Waals surface area contributed by atoms with Crippen LogP contribution in [-0.2, 0) is 6.54 Å². The normalized spacial score (nSPS) is 10.8. The van der Waals surface area contributed by atoms with Gasteiger partial charge in [0.2, 0.25) is 0 Å². The smallest absolute Gasteiger partial charge is 0.193 e. The number of benzene rings is 3. The highest BCUT2D eigenvalue weighted by Crippen LogP contribution is 2.35. The Morgan fingerprint density at radius 3 is 2.45 bits per heavy atom. The second-order valence-corrected chi connectivity index (χ2v) is 7.05. The fourth-order valence-electron chi connectivity index (χ4n) is 3.29. The van der Waals surface area contributed by atoms with Crippen LogP contribution in [0.5, 0.6) is 5.75 Å². The van der Waals surface area contributed by atoms with Crippen LogP contribution in [0.2, 0.25) is 5.02 Å². The molecule has 0 fully saturated rings. The van der Waals surface area contributed by atoms with Crippen molar-refractivity contribution in [1.29, 1.82) is 5.41 Å². The lowest BCUT2D eigenvalue weighted by Gasteiger charge is -2.24. The van der Waals surface area contributed by atoms with Crippen LogP contribution in [-0.4, -0.2) is 13.1 Å². The number of hydrogen-bond acceptors (Lipinski definition) is 3. The lowest BCUT2D eigenvalue weighted by atomic mass is 10.0. The first-order valence-corrected chi connectivity index (χ1v) is 9.46. The first kappa shape index (κ1) is 18.9. The molecule has 0 unspecified atom stereocenters. The number of ether oxygens (including phenoxy) is 1. The maximum atomic E-state index is 8.14. The monoisotopic (exact) mass is 405 g/mol. The van der Waals surface area contributed by atoms with E-state index in [9.17, 15) is 0 Å². The number of hydrogen-bond donors (Lipinski definition) is 2. The van der Waals surface area contributed by atoms with E-state index in [1.165, 1.54) is 0 Å². The van der Waals surface area contributed by atoms with Crippen molar-refractivity contribution in [2.45, 2.75) is 6.54 Å². The highest BCUT2D eigenvalue weighted by atomic mass is 35.5. The van der Waals surface area contributed by atoms with E-state index in [-0.39, 0.29) is 5.96 Å². The average molecular weight is 406 g/mol. The predicted octanol–water partition coefficient (Wildman–Crippen LogP) is 5.66. The molecule has 0 saturated carbocycles. The zero-order chi connectivity index (χ0) is 20.4. The van der Waals surface area contributed by atoms with Crippen molar-refractivity contribution < 1.29 is 9.15 Å². The van der Waals surface area contributed by atoms with Gasteiger partial charge in [0, 0.05) is 10.4 Å². The zero-order valence-corrected chi connectivity index (χ0v) is 16.6. The Kier molecular flexibility index (Phi) is 5.14. The molecule has 4 aromatic rings. The van der Waals surface area contributed by atoms with Crippen LogP contribution in [0.3, 0.4) is 0 Å². The van der Waals surface area contributed by atoms with E-state index in [0.717, 1.165) is 22.1 Å². The van der Waals surface area contributed by atoms with Gasteiger partial charge in [0.15, 0.2) is 5.96 Å². The number of anilines is 1. The molecule has 0 atom stereocenters. The van der Waals surface area contributed by atoms with Gasteiger partial charge in [-0.15, -0.1) is 0 Å². The third kappa shape index (κ3) is 3.91. The molecule has 29 heavy (non-hydrogen) atoms. The maximum Gasteiger partial charge on any atom is 0.193 e. The first-order chi connectivity index (χ1) is 14.0. The Bertz CT molecular complexity index is 1140. The van der Waals surface area contributed by atoms with Crippen LogP contribution in [0.4, 0.5) is 5.69 Å². The molecular formula is C23H20ClN3O2. The van der Waals surface area contributed by atoms with Gasteiger partial charge in [-0.2, -0.15) is 0 Å². The van der Waals surface area contributed by atoms with Gasteiger partial charge >= 0.3 is 0 Å². The summed E-state index contributed by atoms with van der Waals surface area (Å²) in [6.07, 6.45) is 0. The summed E-state index contributed by atoms with van der Waals surface area (Å²) >= 11 is 6.01. The quantitative estimate of drug-likeness (QED) is 0.331. The molecule has 1 heterocycles. The number of fused-ring (bicyclic) bond motifs is 1. The van der Waals surface area contributed by atoms with Crippen molar-refractivity contribution in [1.82, 2.24) is 0 Å². The largest absolute Gasteiger partial charge is 0.495 e. The molecule has 0 bridgehead atoms. The molecule has 0 aliphatic rings. The molecule has 0 aliphatic carbocycles. The van der Waals surface area contributed by atoms with Crippen LogP contribution >= 0.6 is 11.6 Å². The van der Waals surface area contributed by atoms with E-state index >= 15 is 0 Å². The molecule has 5 nitrogen and oxygen atoms in total. The molecular weight excluding hydrogens is 386 g/mol. The number of methoxy groups -OCH3 is 1. The summed E-state index contributed by atoms with van der Waals surface area (Å²) in [7, 11) is 1.60. The SMILES string of the molecule is COc1ccc(-c2ccc(Cl)cc2)cc1N(Cc1cc2ccccc2o1)C(=N)N. The summed E-state index contributed by atoms with van der Waals surface area (Å²) in [5.74, 6) is 1.23. The average Bonchev–Trinajstić information content (AvgIpc) is 3.14. The van der Waals surface area contributed by atoms with Gasteiger partial charge in [-0.25, -0.2) is 0 Å². The lowest BCUT2D eigenvalue weighted by molar-refractivity contribution is 0.415. The minimum atomic E-state index is -0.1000. The van der Waals surface area contributed by atoms with Gasteiger partial charge in [0.25, 0.3) is 0 Å². The zero-order valence-electron chi connectivity index (χ0n) is 15.9. The number of guanidine groups is 1. The summed E-state index contributed by atoms with van der Waals surface area (Å²) in [4.78, 5) is 1.66. The van der Waals surface area contributed by atoms with Gasteiger partial charge in [-0.1, -0.05) is 48.0 Å². The van der Waals surface area contributed by atoms with Crippen LogP contribution in [0.15, 0.2) is 77.2 Å². The predicted molar refractivity (Wildman–Crippen MR) is 118 cm³/mol. The van der Waals surface area contributed by atoms with Crippen molar-refractivity contribution in [3.8, 4) is 16.9 Å². The molecule has 0 aliphatic heterocycles. The Balaban J connectivity index is 1.74. The van der Waals surface area contributed by atoms with Crippen molar-refractivity contribution in [2.75, 3.05) is 12.0 Å². The Hall–Kier alpha value is -3.44. The van der Waals surface area contributed by atoms with Gasteiger partial charge in [-0.05, 0) is 47.5 Å². The first-order valence-electron chi connectivity index (χ1n) is 9.08. The van der Waals surface area contributed by atoms with E-state index < -0.39 is 0 Å². The van der Waals surface area contributed by atoms with E-state index in [1.54, 1.807) is 12.0 Å². The Morgan fingerprint density at radius 2 is 1.76 bits per heavy atom. The highest BCUT2D eigenvalue weighted by Gasteiger charge is 2.18. The second kappa shape index (κ2) is 7.89. The summed E-state index contributed by atoms with van der Waals surface area (Å²) in [5.41, 5.74) is 9.40. The molecule has 0 amide bonds. The van der Waals surface area contributed by atoms with Crippen LogP contribution in [0, 0.1) is 5.41 Å². The number of nitrogens with zero attached hydrogens (tertiary/aromatic N) is 1. The number of para-hydroxylation sites is 1. The second-order valence-electron chi connectivity index (χ2n) is 6.62. The van der Waals surface area contributed by atoms with Crippen molar-refractivity contribution in [3.05, 3.63) is 83.6 Å². The molecule has 3 N–H and O–H groups in total. The standard InChI is InChI=1S/C23H20ClN3O2/c1-28-22-11-8-16(15-6-9-18(24)10-7-15)13-20(22)27(23(25)26)14-19-12-17-4-2-3-5-21(17)29-19/h2-13H,14H2,1H3,(H3,25,26). The molecule has 146 valence electrons. The van der Waals surface area contributed by atoms with Gasteiger partial charge in [0.05, 0.1) is 19.3 Å². The van der Waals surface area contributed by atoms with Crippen molar-refractivity contribution in [2.24, 2.45) is 5.73 Å². The van der Waals surface area contributed by atoms with Crippen LogP contribution in [0.1, 0.15) is 5.76 Å². The summed E-state index contributed by atoms with van der Waals surface area (Å²) in [5, 5.41) is 9.82. The fraction of sp³-hybridized carbons (Fsp3) is 0.0870. The Labute approximate surface area is 173 Å². The molecule has 0 radical (unpaired) electrons. The Morgan fingerprint density at radius 1 is 1.03 bits per heavy atom. The topological polar surface area (TPSA) is 75.5 Å². The summed E-state index contributed by atoms with van der Waals surface area (Å²) in [6, 6.07) is 23.1. The maximum absolute atomic E-state index is 8.14. The summed E-state index contributed by atoms with van der Waals surface area (Å²) < 4.78 is 11.5. The minimum absolute atomic E-state index is 0.1000. The highest BCUT2D eigenvalue weighted by molar-refractivity contribution is 6.30. The van der Waals surface area contributed by atoms with Crippen LogP contribution < -0.4 is 15.4 Å². The lowest BCUT2D eigenvalue weighted by Crippen LogP contribution is -2.36. The fourth-order valence-corrected chi connectivity index (χ4v) is 3.42. The minimum Gasteiger partial charge on any atom is -0.495 e. The molecule has 0 spiro atoms. The van der Waals surface area contributed by atoms with Crippen molar-refractivity contribution >= 4 is 34.2 Å². The van der Waals surface area contributed by atoms with E-state index in [0.29, 0.717) is 28.8 Å². The van der Waals surface area contributed by atoms with Crippen molar-refractivity contribution in [3.63, 3.8) is 0 Å². The van der Waals surface area contributed by atoms with E-state index in [2.05, 4.69) is 0 Å². The van der Waals surface area contributed by atoms with E-state index in [1.807, 2.05) is 72.8 Å². The third-order valence-electron chi connectivity index (χ3n) is 4.73. The van der Waals surface area contributed by atoms with Gasteiger partial charge < -0.3 is 19.8 Å². The van der Waals surface area contributed by atoms with Gasteiger partial charge in [-0.3, -0.25) is 5.41 Å². The number of halogens is 1. The number of furan rings is 1.